The molecule has 8 nitrogen and oxygen atoms in total. The molecule has 6 aromatic rings. The summed E-state index contributed by atoms with van der Waals surface area (Å²) in [6.07, 6.45) is 8.72. The summed E-state index contributed by atoms with van der Waals surface area (Å²) < 4.78 is 7.89. The molecular formula is C44H54N6O2. The molecule has 2 saturated carbocycles. The molecule has 272 valence electrons. The average molecular weight is 699 g/mol. The number of hydrogen-bond donors (Lipinski definition) is 2. The first-order valence-corrected chi connectivity index (χ1v) is 19.5. The number of hydrogen-bond acceptors (Lipinski definition) is 4. The molecule has 2 aliphatic carbocycles. The summed E-state index contributed by atoms with van der Waals surface area (Å²) in [6, 6.07) is 39.2. The Kier molecular flexibility index (Phi) is 11.5. The molecular weight excluding hydrogens is 645 g/mol. The summed E-state index contributed by atoms with van der Waals surface area (Å²) in [5.74, 6) is 0. The van der Waals surface area contributed by atoms with Crippen LogP contribution in [0.5, 0.6) is 0 Å². The normalized spacial score (nSPS) is 20.5. The zero-order valence-electron chi connectivity index (χ0n) is 30.8. The van der Waals surface area contributed by atoms with Gasteiger partial charge in [0.25, 0.3) is 0 Å². The van der Waals surface area contributed by atoms with E-state index in [1.807, 2.05) is 56.4 Å². The molecule has 2 heterocycles. The second-order valence-corrected chi connectivity index (χ2v) is 14.5. The summed E-state index contributed by atoms with van der Waals surface area (Å²) in [5, 5.41) is 7.37. The predicted octanol–water partition coefficient (Wildman–Crippen LogP) is 8.19. The molecule has 0 atom stereocenters. The molecule has 8 rings (SSSR count). The average Bonchev–Trinajstić information content (AvgIpc) is 3.66. The molecule has 2 fully saturated rings. The van der Waals surface area contributed by atoms with E-state index in [1.54, 1.807) is 0 Å². The molecule has 0 aliphatic heterocycles. The Morgan fingerprint density at radius 2 is 0.788 bits per heavy atom. The van der Waals surface area contributed by atoms with Gasteiger partial charge in [-0.25, -0.2) is 9.59 Å². The molecule has 0 saturated heterocycles. The van der Waals surface area contributed by atoms with Gasteiger partial charge in [-0.2, -0.15) is 0 Å². The number of nitrogens with zero attached hydrogens (tertiary/aromatic N) is 4. The second kappa shape index (κ2) is 16.8. The van der Waals surface area contributed by atoms with Crippen LogP contribution in [-0.4, -0.2) is 30.4 Å². The molecule has 0 spiro atoms. The highest BCUT2D eigenvalue weighted by Crippen LogP contribution is 2.32. The Bertz CT molecular complexity index is 1990. The van der Waals surface area contributed by atoms with E-state index in [0.717, 1.165) is 99.6 Å². The maximum Gasteiger partial charge on any atom is 0.329 e. The minimum Gasteiger partial charge on any atom is -0.310 e. The van der Waals surface area contributed by atoms with Crippen molar-refractivity contribution in [2.45, 2.75) is 116 Å². The SMILES string of the molecule is CCn1c(=O)n(C2CCC(NCc3ccccc3)CC2)c2ccccc21.CCn1c(=O)n(C2CCC(NCc3ccccc3)CC2)c2ccccc21. The minimum absolute atomic E-state index is 0.148. The summed E-state index contributed by atoms with van der Waals surface area (Å²) in [4.78, 5) is 25.8. The molecule has 4 aromatic carbocycles. The molecule has 0 bridgehead atoms. The van der Waals surface area contributed by atoms with E-state index in [4.69, 9.17) is 0 Å². The van der Waals surface area contributed by atoms with Gasteiger partial charge < -0.3 is 10.6 Å². The van der Waals surface area contributed by atoms with E-state index in [9.17, 15) is 9.59 Å². The van der Waals surface area contributed by atoms with Crippen LogP contribution in [0.1, 0.15) is 88.4 Å². The molecule has 52 heavy (non-hydrogen) atoms. The van der Waals surface area contributed by atoms with Gasteiger partial charge in [0.15, 0.2) is 0 Å². The first-order chi connectivity index (χ1) is 25.6. The van der Waals surface area contributed by atoms with Crippen LogP contribution in [0.2, 0.25) is 0 Å². The fraction of sp³-hybridized carbons (Fsp3) is 0.409. The van der Waals surface area contributed by atoms with Gasteiger partial charge in [0.2, 0.25) is 0 Å². The van der Waals surface area contributed by atoms with Crippen molar-refractivity contribution in [2.75, 3.05) is 0 Å². The van der Waals surface area contributed by atoms with E-state index in [-0.39, 0.29) is 11.4 Å². The zero-order valence-corrected chi connectivity index (χ0v) is 30.8. The third-order valence-electron chi connectivity index (χ3n) is 11.4. The molecule has 2 N–H and O–H groups in total. The minimum atomic E-state index is 0.148. The Morgan fingerprint density at radius 3 is 1.13 bits per heavy atom. The van der Waals surface area contributed by atoms with Crippen LogP contribution in [0.4, 0.5) is 0 Å². The van der Waals surface area contributed by atoms with Crippen molar-refractivity contribution in [2.24, 2.45) is 0 Å². The van der Waals surface area contributed by atoms with Gasteiger partial charge in [-0.05, 0) is 101 Å². The van der Waals surface area contributed by atoms with Crippen molar-refractivity contribution >= 4 is 22.1 Å². The lowest BCUT2D eigenvalue weighted by Gasteiger charge is -2.30. The van der Waals surface area contributed by atoms with Gasteiger partial charge in [0.1, 0.15) is 0 Å². The smallest absolute Gasteiger partial charge is 0.310 e. The van der Waals surface area contributed by atoms with Gasteiger partial charge >= 0.3 is 11.4 Å². The highest BCUT2D eigenvalue weighted by molar-refractivity contribution is 5.77. The van der Waals surface area contributed by atoms with Crippen molar-refractivity contribution < 1.29 is 0 Å². The van der Waals surface area contributed by atoms with Crippen LogP contribution >= 0.6 is 0 Å². The summed E-state index contributed by atoms with van der Waals surface area (Å²) >= 11 is 0. The van der Waals surface area contributed by atoms with Crippen LogP contribution < -0.4 is 22.0 Å². The van der Waals surface area contributed by atoms with E-state index in [2.05, 4.69) is 95.6 Å². The molecule has 2 aromatic heterocycles. The van der Waals surface area contributed by atoms with Gasteiger partial charge in [0, 0.05) is 50.3 Å². The van der Waals surface area contributed by atoms with Gasteiger partial charge in [-0.15, -0.1) is 0 Å². The Hall–Kier alpha value is -4.66. The Morgan fingerprint density at radius 1 is 0.462 bits per heavy atom. The van der Waals surface area contributed by atoms with E-state index < -0.39 is 0 Å². The number of fused-ring (bicyclic) bond motifs is 2. The largest absolute Gasteiger partial charge is 0.329 e. The molecule has 0 unspecified atom stereocenters. The summed E-state index contributed by atoms with van der Waals surface area (Å²) in [5.41, 5.74) is 7.24. The van der Waals surface area contributed by atoms with Crippen molar-refractivity contribution in [3.8, 4) is 0 Å². The van der Waals surface area contributed by atoms with Gasteiger partial charge in [0.05, 0.1) is 22.1 Å². The monoisotopic (exact) mass is 698 g/mol. The van der Waals surface area contributed by atoms with E-state index >= 15 is 0 Å². The van der Waals surface area contributed by atoms with Crippen LogP contribution in [0.3, 0.4) is 0 Å². The molecule has 0 radical (unpaired) electrons. The van der Waals surface area contributed by atoms with Crippen molar-refractivity contribution in [3.05, 3.63) is 141 Å². The van der Waals surface area contributed by atoms with Gasteiger partial charge in [-0.3, -0.25) is 18.3 Å². The lowest BCUT2D eigenvalue weighted by atomic mass is 9.90. The predicted molar refractivity (Wildman–Crippen MR) is 213 cm³/mol. The fourth-order valence-electron chi connectivity index (χ4n) is 8.57. The van der Waals surface area contributed by atoms with Crippen LogP contribution in [-0.2, 0) is 26.2 Å². The number of imidazole rings is 2. The number of aromatic nitrogens is 4. The molecule has 2 aliphatic rings. The number of aryl methyl sites for hydroxylation is 2. The second-order valence-electron chi connectivity index (χ2n) is 14.5. The van der Waals surface area contributed by atoms with Crippen LogP contribution in [0.25, 0.3) is 22.1 Å². The van der Waals surface area contributed by atoms with E-state index in [1.165, 1.54) is 11.1 Å². The number of nitrogens with one attached hydrogen (secondary N) is 2. The Balaban J connectivity index is 0.000000162. The van der Waals surface area contributed by atoms with Gasteiger partial charge in [-0.1, -0.05) is 84.9 Å². The maximum atomic E-state index is 12.9. The van der Waals surface area contributed by atoms with Crippen molar-refractivity contribution in [1.82, 2.24) is 28.9 Å². The van der Waals surface area contributed by atoms with Crippen LogP contribution in [0.15, 0.2) is 119 Å². The zero-order chi connectivity index (χ0) is 35.9. The lowest BCUT2D eigenvalue weighted by molar-refractivity contribution is 0.289. The Labute approximate surface area is 307 Å². The number of benzene rings is 4. The fourth-order valence-corrected chi connectivity index (χ4v) is 8.57. The molecule has 0 amide bonds. The summed E-state index contributed by atoms with van der Waals surface area (Å²) in [7, 11) is 0. The first-order valence-electron chi connectivity index (χ1n) is 19.5. The topological polar surface area (TPSA) is 77.9 Å². The van der Waals surface area contributed by atoms with Crippen LogP contribution in [0, 0.1) is 0 Å². The van der Waals surface area contributed by atoms with E-state index in [0.29, 0.717) is 24.2 Å². The highest BCUT2D eigenvalue weighted by atomic mass is 16.2. The third-order valence-corrected chi connectivity index (χ3v) is 11.4. The quantitative estimate of drug-likeness (QED) is 0.151. The molecule has 8 heteroatoms. The third kappa shape index (κ3) is 7.74. The van der Waals surface area contributed by atoms with Crippen molar-refractivity contribution in [3.63, 3.8) is 0 Å². The highest BCUT2D eigenvalue weighted by Gasteiger charge is 2.27. The number of rotatable bonds is 10. The standard InChI is InChI=1S/2C22H27N3O/c2*1-2-24-20-10-6-7-11-21(20)25(22(24)26)19-14-12-18(13-15-19)23-16-17-8-4-3-5-9-17/h2*3-11,18-19,23H,2,12-16H2,1H3. The van der Waals surface area contributed by atoms with Crippen molar-refractivity contribution in [1.29, 1.82) is 0 Å². The first kappa shape index (κ1) is 35.7. The maximum absolute atomic E-state index is 12.9. The summed E-state index contributed by atoms with van der Waals surface area (Å²) in [6.45, 7) is 7.38. The number of para-hydroxylation sites is 4. The lowest BCUT2D eigenvalue weighted by Crippen LogP contribution is -2.36.